The first-order valence-electron chi connectivity index (χ1n) is 7.31. The van der Waals surface area contributed by atoms with Crippen molar-refractivity contribution in [1.82, 2.24) is 5.32 Å². The first-order valence-corrected chi connectivity index (χ1v) is 8.26. The fraction of sp³-hybridized carbons (Fsp3) is 1.00. The van der Waals surface area contributed by atoms with E-state index < -0.39 is 0 Å². The number of hydrogen-bond acceptors (Lipinski definition) is 3. The number of ether oxygens (including phenoxy) is 1. The maximum absolute atomic E-state index is 5.69. The highest BCUT2D eigenvalue weighted by atomic mass is 32.2. The van der Waals surface area contributed by atoms with Crippen LogP contribution in [-0.4, -0.2) is 35.8 Å². The summed E-state index contributed by atoms with van der Waals surface area (Å²) in [5.41, 5.74) is 0. The lowest BCUT2D eigenvalue weighted by Gasteiger charge is -2.28. The van der Waals surface area contributed by atoms with Crippen molar-refractivity contribution in [3.8, 4) is 0 Å². The zero-order chi connectivity index (χ0) is 12.1. The lowest BCUT2D eigenvalue weighted by molar-refractivity contribution is 0.127. The maximum Gasteiger partial charge on any atom is 0.0666 e. The van der Waals surface area contributed by atoms with Crippen molar-refractivity contribution in [2.24, 2.45) is 0 Å². The zero-order valence-corrected chi connectivity index (χ0v) is 12.1. The molecule has 2 nitrogen and oxygen atoms in total. The van der Waals surface area contributed by atoms with E-state index in [1.165, 1.54) is 38.5 Å². The molecule has 4 atom stereocenters. The predicted molar refractivity (Wildman–Crippen MR) is 75.7 cm³/mol. The number of thioether (sulfide) groups is 1. The van der Waals surface area contributed by atoms with Crippen molar-refractivity contribution in [3.63, 3.8) is 0 Å². The quantitative estimate of drug-likeness (QED) is 0.782. The fourth-order valence-corrected chi connectivity index (χ4v) is 4.75. The van der Waals surface area contributed by atoms with Crippen molar-refractivity contribution in [1.29, 1.82) is 0 Å². The van der Waals surface area contributed by atoms with Crippen molar-refractivity contribution in [3.05, 3.63) is 0 Å². The summed E-state index contributed by atoms with van der Waals surface area (Å²) in [6, 6.07) is 0.736. The smallest absolute Gasteiger partial charge is 0.0666 e. The van der Waals surface area contributed by atoms with Crippen LogP contribution in [0.5, 0.6) is 0 Å². The molecule has 0 amide bonds. The molecule has 4 unspecified atom stereocenters. The van der Waals surface area contributed by atoms with E-state index in [2.05, 4.69) is 30.9 Å². The lowest BCUT2D eigenvalue weighted by Crippen LogP contribution is -2.38. The molecule has 100 valence electrons. The Morgan fingerprint density at radius 3 is 2.65 bits per heavy atom. The zero-order valence-electron chi connectivity index (χ0n) is 11.3. The van der Waals surface area contributed by atoms with Gasteiger partial charge in [-0.25, -0.2) is 0 Å². The molecule has 1 aliphatic heterocycles. The minimum Gasteiger partial charge on any atom is -0.377 e. The fourth-order valence-electron chi connectivity index (χ4n) is 3.05. The second kappa shape index (κ2) is 7.01. The molecule has 2 fully saturated rings. The maximum atomic E-state index is 5.69. The van der Waals surface area contributed by atoms with E-state index in [1.807, 2.05) is 0 Å². The molecule has 3 heteroatoms. The van der Waals surface area contributed by atoms with Crippen molar-refractivity contribution < 1.29 is 4.74 Å². The second-order valence-corrected chi connectivity index (χ2v) is 6.86. The van der Waals surface area contributed by atoms with Gasteiger partial charge in [0.15, 0.2) is 0 Å². The van der Waals surface area contributed by atoms with Gasteiger partial charge >= 0.3 is 0 Å². The van der Waals surface area contributed by atoms with Crippen LogP contribution in [0.15, 0.2) is 0 Å². The van der Waals surface area contributed by atoms with Crippen molar-refractivity contribution in [2.75, 3.05) is 13.2 Å². The normalized spacial score (nSPS) is 39.2. The van der Waals surface area contributed by atoms with Crippen molar-refractivity contribution in [2.45, 2.75) is 75.0 Å². The van der Waals surface area contributed by atoms with E-state index in [0.29, 0.717) is 6.10 Å². The lowest BCUT2D eigenvalue weighted by atomic mass is 10.1. The highest BCUT2D eigenvalue weighted by molar-refractivity contribution is 8.00. The molecule has 1 saturated heterocycles. The largest absolute Gasteiger partial charge is 0.377 e. The third-order valence-corrected chi connectivity index (χ3v) is 5.96. The summed E-state index contributed by atoms with van der Waals surface area (Å²) in [6.45, 7) is 6.55. The van der Waals surface area contributed by atoms with Crippen LogP contribution in [0, 0.1) is 0 Å². The molecule has 2 rings (SSSR count). The van der Waals surface area contributed by atoms with E-state index in [9.17, 15) is 0 Å². The third kappa shape index (κ3) is 3.87. The molecule has 0 spiro atoms. The van der Waals surface area contributed by atoms with Crippen LogP contribution in [0.2, 0.25) is 0 Å². The monoisotopic (exact) mass is 257 g/mol. The van der Waals surface area contributed by atoms with Crippen LogP contribution in [-0.2, 0) is 4.74 Å². The van der Waals surface area contributed by atoms with Gasteiger partial charge in [0.1, 0.15) is 0 Å². The Balaban J connectivity index is 1.89. The van der Waals surface area contributed by atoms with Gasteiger partial charge in [0.25, 0.3) is 0 Å². The predicted octanol–water partition coefficient (Wildman–Crippen LogP) is 3.21. The minimum atomic E-state index is 0.463. The summed E-state index contributed by atoms with van der Waals surface area (Å²) in [6.07, 6.45) is 8.73. The van der Waals surface area contributed by atoms with Gasteiger partial charge in [-0.1, -0.05) is 26.2 Å². The Labute approximate surface area is 110 Å². The van der Waals surface area contributed by atoms with Gasteiger partial charge in [0, 0.05) is 23.1 Å². The van der Waals surface area contributed by atoms with Gasteiger partial charge in [-0.2, -0.15) is 11.8 Å². The van der Waals surface area contributed by atoms with E-state index in [0.717, 1.165) is 29.7 Å². The van der Waals surface area contributed by atoms with Gasteiger partial charge in [-0.05, 0) is 32.7 Å². The Bertz CT molecular complexity index is 224. The average Bonchev–Trinajstić information content (AvgIpc) is 2.59. The Morgan fingerprint density at radius 2 is 1.94 bits per heavy atom. The van der Waals surface area contributed by atoms with Crippen LogP contribution in [0.1, 0.15) is 52.4 Å². The summed E-state index contributed by atoms with van der Waals surface area (Å²) in [5, 5.41) is 5.25. The van der Waals surface area contributed by atoms with E-state index >= 15 is 0 Å². The highest BCUT2D eigenvalue weighted by Gasteiger charge is 2.31. The number of hydrogen-bond donors (Lipinski definition) is 1. The molecule has 0 aromatic heterocycles. The Morgan fingerprint density at radius 1 is 1.12 bits per heavy atom. The van der Waals surface area contributed by atoms with Crippen LogP contribution in [0.3, 0.4) is 0 Å². The van der Waals surface area contributed by atoms with E-state index in [-0.39, 0.29) is 0 Å². The molecule has 0 radical (unpaired) electrons. The second-order valence-electron chi connectivity index (χ2n) is 5.38. The summed E-state index contributed by atoms with van der Waals surface area (Å²) >= 11 is 2.21. The molecule has 1 aliphatic carbocycles. The SMILES string of the molecule is CCNC1CCCCCC1SC1CCOC1C. The first kappa shape index (κ1) is 13.7. The van der Waals surface area contributed by atoms with Crippen LogP contribution < -0.4 is 5.32 Å². The van der Waals surface area contributed by atoms with Gasteiger partial charge in [0.05, 0.1) is 6.10 Å². The van der Waals surface area contributed by atoms with Crippen molar-refractivity contribution >= 4 is 11.8 Å². The first-order chi connectivity index (χ1) is 8.31. The standard InChI is InChI=1S/C14H27NOS/c1-3-15-12-7-5-4-6-8-14(12)17-13-9-10-16-11(13)2/h11-15H,3-10H2,1-2H3. The van der Waals surface area contributed by atoms with Crippen LogP contribution in [0.4, 0.5) is 0 Å². The summed E-state index contributed by atoms with van der Waals surface area (Å²) in [7, 11) is 0. The average molecular weight is 257 g/mol. The van der Waals surface area contributed by atoms with Gasteiger partial charge in [-0.3, -0.25) is 0 Å². The molecule has 17 heavy (non-hydrogen) atoms. The van der Waals surface area contributed by atoms with Crippen LogP contribution in [0.25, 0.3) is 0 Å². The molecule has 2 aliphatic rings. The Kier molecular flexibility index (Phi) is 5.64. The topological polar surface area (TPSA) is 21.3 Å². The number of nitrogens with one attached hydrogen (secondary N) is 1. The van der Waals surface area contributed by atoms with Gasteiger partial charge in [-0.15, -0.1) is 0 Å². The molecule has 0 aromatic carbocycles. The molecular weight excluding hydrogens is 230 g/mol. The molecule has 1 saturated carbocycles. The summed E-state index contributed by atoms with van der Waals surface area (Å²) < 4.78 is 5.69. The Hall–Kier alpha value is 0.270. The number of rotatable bonds is 4. The summed E-state index contributed by atoms with van der Waals surface area (Å²) in [5.74, 6) is 0. The van der Waals surface area contributed by atoms with Gasteiger partial charge in [0.2, 0.25) is 0 Å². The molecular formula is C14H27NOS. The third-order valence-electron chi connectivity index (χ3n) is 4.08. The van der Waals surface area contributed by atoms with Crippen LogP contribution >= 0.6 is 11.8 Å². The molecule has 1 heterocycles. The molecule has 0 aromatic rings. The molecule has 1 N–H and O–H groups in total. The van der Waals surface area contributed by atoms with E-state index in [1.54, 1.807) is 0 Å². The highest BCUT2D eigenvalue weighted by Crippen LogP contribution is 2.35. The summed E-state index contributed by atoms with van der Waals surface area (Å²) in [4.78, 5) is 0. The molecule has 0 bridgehead atoms. The van der Waals surface area contributed by atoms with Gasteiger partial charge < -0.3 is 10.1 Å². The van der Waals surface area contributed by atoms with E-state index in [4.69, 9.17) is 4.74 Å². The minimum absolute atomic E-state index is 0.463.